The predicted octanol–water partition coefficient (Wildman–Crippen LogP) is 0.850. The lowest BCUT2D eigenvalue weighted by Gasteiger charge is -2.04. The summed E-state index contributed by atoms with van der Waals surface area (Å²) in [5.41, 5.74) is 6.26. The van der Waals surface area contributed by atoms with E-state index < -0.39 is 0 Å². The SMILES string of the molecule is NCCCNCCCNC(=O)/C=C/c1ccc(O)cc1. The van der Waals surface area contributed by atoms with Gasteiger partial charge in [0.2, 0.25) is 5.91 Å². The van der Waals surface area contributed by atoms with Gasteiger partial charge in [0.25, 0.3) is 0 Å². The first-order chi connectivity index (χ1) is 9.72. The van der Waals surface area contributed by atoms with E-state index in [1.54, 1.807) is 30.3 Å². The lowest BCUT2D eigenvalue weighted by molar-refractivity contribution is -0.116. The summed E-state index contributed by atoms with van der Waals surface area (Å²) in [6, 6.07) is 6.68. The van der Waals surface area contributed by atoms with Gasteiger partial charge in [0.1, 0.15) is 5.75 Å². The van der Waals surface area contributed by atoms with Crippen molar-refractivity contribution in [3.8, 4) is 5.75 Å². The normalized spacial score (nSPS) is 10.8. The number of hydrogen-bond acceptors (Lipinski definition) is 4. The van der Waals surface area contributed by atoms with Crippen molar-refractivity contribution in [1.82, 2.24) is 10.6 Å². The summed E-state index contributed by atoms with van der Waals surface area (Å²) in [5, 5.41) is 15.2. The van der Waals surface area contributed by atoms with E-state index in [0.29, 0.717) is 13.1 Å². The van der Waals surface area contributed by atoms with E-state index in [-0.39, 0.29) is 11.7 Å². The average Bonchev–Trinajstić information content (AvgIpc) is 2.46. The number of phenolic OH excluding ortho intramolecular Hbond substituents is 1. The third kappa shape index (κ3) is 7.56. The molecule has 20 heavy (non-hydrogen) atoms. The Morgan fingerprint density at radius 1 is 1.15 bits per heavy atom. The fourth-order valence-corrected chi connectivity index (χ4v) is 1.59. The number of aromatic hydroxyl groups is 1. The topological polar surface area (TPSA) is 87.4 Å². The number of hydrogen-bond donors (Lipinski definition) is 4. The second kappa shape index (κ2) is 10.00. The third-order valence-electron chi connectivity index (χ3n) is 2.71. The molecule has 0 heterocycles. The van der Waals surface area contributed by atoms with E-state index in [0.717, 1.165) is 31.5 Å². The van der Waals surface area contributed by atoms with E-state index >= 15 is 0 Å². The highest BCUT2D eigenvalue weighted by molar-refractivity contribution is 5.91. The van der Waals surface area contributed by atoms with Gasteiger partial charge in [-0.3, -0.25) is 4.79 Å². The third-order valence-corrected chi connectivity index (χ3v) is 2.71. The Kier molecular flexibility index (Phi) is 8.10. The van der Waals surface area contributed by atoms with E-state index in [2.05, 4.69) is 10.6 Å². The van der Waals surface area contributed by atoms with Crippen molar-refractivity contribution in [2.24, 2.45) is 5.73 Å². The Hall–Kier alpha value is -1.85. The molecule has 0 aliphatic heterocycles. The second-order valence-corrected chi connectivity index (χ2v) is 4.46. The molecule has 1 aromatic rings. The zero-order valence-electron chi connectivity index (χ0n) is 11.6. The second-order valence-electron chi connectivity index (χ2n) is 4.46. The van der Waals surface area contributed by atoms with Crippen LogP contribution in [0.15, 0.2) is 30.3 Å². The van der Waals surface area contributed by atoms with Gasteiger partial charge < -0.3 is 21.5 Å². The Morgan fingerprint density at radius 3 is 2.55 bits per heavy atom. The Bertz CT molecular complexity index is 416. The highest BCUT2D eigenvalue weighted by Gasteiger charge is 1.95. The van der Waals surface area contributed by atoms with Gasteiger partial charge in [0.15, 0.2) is 0 Å². The van der Waals surface area contributed by atoms with E-state index in [4.69, 9.17) is 10.8 Å². The quantitative estimate of drug-likeness (QED) is 0.398. The van der Waals surface area contributed by atoms with Crippen LogP contribution in [0.1, 0.15) is 18.4 Å². The van der Waals surface area contributed by atoms with Gasteiger partial charge in [-0.2, -0.15) is 0 Å². The number of carbonyl (C=O) groups is 1. The first kappa shape index (κ1) is 16.2. The molecule has 0 saturated carbocycles. The molecule has 0 aliphatic rings. The van der Waals surface area contributed by atoms with Crippen LogP contribution in [0, 0.1) is 0 Å². The Labute approximate surface area is 119 Å². The molecule has 0 unspecified atom stereocenters. The standard InChI is InChI=1S/C15H23N3O2/c16-9-1-10-17-11-2-12-18-15(20)8-5-13-3-6-14(19)7-4-13/h3-8,17,19H,1-2,9-12,16H2,(H,18,20)/b8-5+. The van der Waals surface area contributed by atoms with Gasteiger partial charge in [-0.1, -0.05) is 12.1 Å². The van der Waals surface area contributed by atoms with Gasteiger partial charge in [0, 0.05) is 12.6 Å². The molecule has 0 saturated heterocycles. The van der Waals surface area contributed by atoms with Crippen LogP contribution < -0.4 is 16.4 Å². The minimum atomic E-state index is -0.111. The number of carbonyl (C=O) groups excluding carboxylic acids is 1. The maximum atomic E-state index is 11.5. The van der Waals surface area contributed by atoms with E-state index in [9.17, 15) is 4.79 Å². The van der Waals surface area contributed by atoms with Crippen molar-refractivity contribution in [2.75, 3.05) is 26.2 Å². The van der Waals surface area contributed by atoms with Crippen molar-refractivity contribution < 1.29 is 9.90 Å². The highest BCUT2D eigenvalue weighted by atomic mass is 16.3. The summed E-state index contributed by atoms with van der Waals surface area (Å²) >= 11 is 0. The highest BCUT2D eigenvalue weighted by Crippen LogP contribution is 2.10. The van der Waals surface area contributed by atoms with Crippen molar-refractivity contribution in [1.29, 1.82) is 0 Å². The Balaban J connectivity index is 2.12. The van der Waals surface area contributed by atoms with Crippen LogP contribution in [-0.4, -0.2) is 37.2 Å². The minimum absolute atomic E-state index is 0.111. The molecule has 5 nitrogen and oxygen atoms in total. The molecule has 0 fully saturated rings. The number of nitrogens with one attached hydrogen (secondary N) is 2. The van der Waals surface area contributed by atoms with Crippen molar-refractivity contribution in [3.63, 3.8) is 0 Å². The number of amides is 1. The lowest BCUT2D eigenvalue weighted by atomic mass is 10.2. The molecule has 0 atom stereocenters. The van der Waals surface area contributed by atoms with Crippen LogP contribution in [0.3, 0.4) is 0 Å². The van der Waals surface area contributed by atoms with E-state index in [1.807, 2.05) is 0 Å². The van der Waals surface area contributed by atoms with Gasteiger partial charge in [-0.15, -0.1) is 0 Å². The summed E-state index contributed by atoms with van der Waals surface area (Å²) < 4.78 is 0. The van der Waals surface area contributed by atoms with Crippen molar-refractivity contribution in [2.45, 2.75) is 12.8 Å². The van der Waals surface area contributed by atoms with Crippen molar-refractivity contribution >= 4 is 12.0 Å². The van der Waals surface area contributed by atoms with Crippen LogP contribution in [-0.2, 0) is 4.79 Å². The molecule has 0 aliphatic carbocycles. The van der Waals surface area contributed by atoms with Gasteiger partial charge in [-0.05, 0) is 56.2 Å². The van der Waals surface area contributed by atoms with Crippen LogP contribution in [0.2, 0.25) is 0 Å². The maximum absolute atomic E-state index is 11.5. The molecular weight excluding hydrogens is 254 g/mol. The average molecular weight is 277 g/mol. The van der Waals surface area contributed by atoms with Crippen LogP contribution in [0.25, 0.3) is 6.08 Å². The maximum Gasteiger partial charge on any atom is 0.243 e. The fourth-order valence-electron chi connectivity index (χ4n) is 1.59. The lowest BCUT2D eigenvalue weighted by Crippen LogP contribution is -2.26. The summed E-state index contributed by atoms with van der Waals surface area (Å²) in [6.45, 7) is 3.15. The number of nitrogens with two attached hydrogens (primary N) is 1. The Morgan fingerprint density at radius 2 is 1.85 bits per heavy atom. The van der Waals surface area contributed by atoms with E-state index in [1.165, 1.54) is 6.08 Å². The first-order valence-corrected chi connectivity index (χ1v) is 6.88. The molecule has 0 bridgehead atoms. The number of rotatable bonds is 9. The molecule has 0 spiro atoms. The first-order valence-electron chi connectivity index (χ1n) is 6.88. The van der Waals surface area contributed by atoms with Gasteiger partial charge in [-0.25, -0.2) is 0 Å². The number of phenols is 1. The fraction of sp³-hybridized carbons (Fsp3) is 0.400. The zero-order valence-corrected chi connectivity index (χ0v) is 11.6. The summed E-state index contributed by atoms with van der Waals surface area (Å²) in [4.78, 5) is 11.5. The molecule has 110 valence electrons. The van der Waals surface area contributed by atoms with Crippen LogP contribution in [0.5, 0.6) is 5.75 Å². The molecular formula is C15H23N3O2. The summed E-state index contributed by atoms with van der Waals surface area (Å²) in [7, 11) is 0. The summed E-state index contributed by atoms with van der Waals surface area (Å²) in [5.74, 6) is 0.105. The van der Waals surface area contributed by atoms with Gasteiger partial charge in [0.05, 0.1) is 0 Å². The van der Waals surface area contributed by atoms with Gasteiger partial charge >= 0.3 is 0 Å². The van der Waals surface area contributed by atoms with Crippen molar-refractivity contribution in [3.05, 3.63) is 35.9 Å². The molecule has 0 aromatic heterocycles. The molecule has 5 N–H and O–H groups in total. The molecule has 1 aromatic carbocycles. The summed E-state index contributed by atoms with van der Waals surface area (Å²) in [6.07, 6.45) is 5.08. The zero-order chi connectivity index (χ0) is 14.6. The molecule has 0 radical (unpaired) electrons. The smallest absolute Gasteiger partial charge is 0.243 e. The largest absolute Gasteiger partial charge is 0.508 e. The molecule has 1 amide bonds. The monoisotopic (exact) mass is 277 g/mol. The van der Waals surface area contributed by atoms with Crippen LogP contribution >= 0.6 is 0 Å². The number of benzene rings is 1. The molecule has 5 heteroatoms. The minimum Gasteiger partial charge on any atom is -0.508 e. The van der Waals surface area contributed by atoms with Crippen LogP contribution in [0.4, 0.5) is 0 Å². The predicted molar refractivity (Wildman–Crippen MR) is 81.3 cm³/mol. The molecule has 1 rings (SSSR count).